The van der Waals surface area contributed by atoms with E-state index in [1.54, 1.807) is 66.0 Å². The van der Waals surface area contributed by atoms with E-state index >= 15 is 0 Å². The van der Waals surface area contributed by atoms with Crippen molar-refractivity contribution in [2.75, 3.05) is 20.0 Å². The number of nitrogens with one attached hydrogen (secondary N) is 2. The first-order valence-corrected chi connectivity index (χ1v) is 21.2. The molecule has 0 aromatic heterocycles. The summed E-state index contributed by atoms with van der Waals surface area (Å²) < 4.78 is 31.0. The maximum atomic E-state index is 13.5. The molecule has 2 heterocycles. The van der Waals surface area contributed by atoms with Gasteiger partial charge in [0.2, 0.25) is 0 Å². The number of hydrogen-bond acceptors (Lipinski definition) is 9. The molecule has 2 amide bonds. The average molecular weight is 888 g/mol. The van der Waals surface area contributed by atoms with Crippen LogP contribution in [0, 0.1) is 24.2 Å². The lowest BCUT2D eigenvalue weighted by Crippen LogP contribution is -2.22. The predicted octanol–water partition coefficient (Wildman–Crippen LogP) is 10.9. The van der Waals surface area contributed by atoms with Crippen molar-refractivity contribution in [1.82, 2.24) is 10.8 Å². The van der Waals surface area contributed by atoms with E-state index in [1.807, 2.05) is 97.1 Å². The van der Waals surface area contributed by atoms with Crippen LogP contribution in [0.15, 0.2) is 187 Å². The number of amides is 2. The molecule has 0 saturated carbocycles. The summed E-state index contributed by atoms with van der Waals surface area (Å²) in [5.74, 6) is -1.11. The van der Waals surface area contributed by atoms with Gasteiger partial charge in [0.1, 0.15) is 17.7 Å². The van der Waals surface area contributed by atoms with Gasteiger partial charge in [0.05, 0.1) is 37.0 Å². The number of carbonyl (C=O) groups excluding carboxylic acids is 2. The Labute approximate surface area is 377 Å². The first-order valence-electron chi connectivity index (χ1n) is 19.6. The third kappa shape index (κ3) is 10.9. The summed E-state index contributed by atoms with van der Waals surface area (Å²) in [5, 5.41) is 2.95. The molecule has 0 atom stereocenters. The zero-order chi connectivity index (χ0) is 45.0. The fraction of sp³-hybridized carbons (Fsp3) is 0.0588. The Bertz CT molecular complexity index is 2920. The molecule has 9 nitrogen and oxygen atoms in total. The average Bonchev–Trinajstić information content (AvgIpc) is 3.60. The molecule has 0 unspecified atom stereocenters. The number of nitrogen functional groups attached to an aromatic ring is 1. The summed E-state index contributed by atoms with van der Waals surface area (Å²) in [6, 6.07) is 46.8. The second-order valence-electron chi connectivity index (χ2n) is 13.9. The molecule has 2 aliphatic rings. The lowest BCUT2D eigenvalue weighted by atomic mass is 10.0. The number of hydrogen-bond donors (Lipinski definition) is 3. The van der Waals surface area contributed by atoms with Crippen molar-refractivity contribution in [1.29, 1.82) is 0 Å². The Morgan fingerprint density at radius 1 is 0.625 bits per heavy atom. The highest BCUT2D eigenvalue weighted by atomic mass is 32.2. The zero-order valence-corrected chi connectivity index (χ0v) is 36.1. The van der Waals surface area contributed by atoms with E-state index in [-0.39, 0.29) is 23.4 Å². The summed E-state index contributed by atoms with van der Waals surface area (Å²) in [7, 11) is 2.83. The SMILES string of the molecule is C#COC.CONC(=O)c1ccc2c(c1)N=C(c1ccc(F)cc1)c1ccccc1S2.Nc1ccc(CNC(=O)c2ccc3c(c2)N=C(c2ccc(F)cc2)c2ccccc2S3)cc1. The third-order valence-electron chi connectivity index (χ3n) is 9.61. The van der Waals surface area contributed by atoms with E-state index in [0.29, 0.717) is 34.7 Å². The summed E-state index contributed by atoms with van der Waals surface area (Å²) in [6.45, 7) is 0.403. The number of terminal acetylenes is 1. The zero-order valence-electron chi connectivity index (χ0n) is 34.5. The van der Waals surface area contributed by atoms with E-state index in [1.165, 1.54) is 38.5 Å². The molecule has 0 saturated heterocycles. The number of aliphatic imine (C=N–C) groups is 2. The Morgan fingerprint density at radius 3 is 1.53 bits per heavy atom. The van der Waals surface area contributed by atoms with Crippen LogP contribution >= 0.6 is 23.5 Å². The summed E-state index contributed by atoms with van der Waals surface area (Å²) in [5.41, 5.74) is 17.1. The lowest BCUT2D eigenvalue weighted by Gasteiger charge is -2.09. The van der Waals surface area contributed by atoms with Crippen molar-refractivity contribution in [3.63, 3.8) is 0 Å². The molecule has 4 N–H and O–H groups in total. The van der Waals surface area contributed by atoms with Crippen LogP contribution in [-0.2, 0) is 16.1 Å². The van der Waals surface area contributed by atoms with E-state index in [2.05, 4.69) is 22.0 Å². The number of ether oxygens (including phenoxy) is 1. The van der Waals surface area contributed by atoms with Crippen molar-refractivity contribution < 1.29 is 27.9 Å². The molecular formula is C51H39F2N5O4S2. The molecule has 64 heavy (non-hydrogen) atoms. The summed E-state index contributed by atoms with van der Waals surface area (Å²) >= 11 is 3.19. The second kappa shape index (κ2) is 21.0. The van der Waals surface area contributed by atoms with E-state index < -0.39 is 0 Å². The molecule has 0 spiro atoms. The van der Waals surface area contributed by atoms with Gasteiger partial charge < -0.3 is 15.8 Å². The van der Waals surface area contributed by atoms with Gasteiger partial charge in [0.15, 0.2) is 0 Å². The molecule has 0 bridgehead atoms. The normalized spacial score (nSPS) is 11.8. The standard InChI is InChI=1S/C27H20FN3OS.C21H15FN2O2S.C3H4O/c28-20-10-7-18(8-11-20)26-22-3-1-2-4-24(22)33-25-14-9-19(15-23(25)31-26)27(32)30-16-17-5-12-21(29)13-6-17;1-26-24-21(25)14-8-11-19-17(12-14)23-20(13-6-9-15(22)10-7-13)16-4-2-3-5-18(16)27-19;1-3-4-2/h1-15H,16,29H2,(H,30,32);2-12H,1H3,(H,24,25);1H,2H3. The second-order valence-corrected chi connectivity index (χ2v) is 16.0. The van der Waals surface area contributed by atoms with Crippen molar-refractivity contribution >= 4 is 63.8 Å². The minimum atomic E-state index is -0.342. The van der Waals surface area contributed by atoms with E-state index in [4.69, 9.17) is 20.6 Å². The number of benzene rings is 7. The number of anilines is 1. The fourth-order valence-corrected chi connectivity index (χ4v) is 8.50. The van der Waals surface area contributed by atoms with Crippen molar-refractivity contribution in [2.24, 2.45) is 9.98 Å². The van der Waals surface area contributed by atoms with Crippen LogP contribution < -0.4 is 16.5 Å². The maximum Gasteiger partial charge on any atom is 0.274 e. The van der Waals surface area contributed by atoms with Gasteiger partial charge in [0, 0.05) is 65.2 Å². The highest BCUT2D eigenvalue weighted by molar-refractivity contribution is 7.99. The van der Waals surface area contributed by atoms with Gasteiger partial charge >= 0.3 is 0 Å². The fourth-order valence-electron chi connectivity index (χ4n) is 6.49. The van der Waals surface area contributed by atoms with E-state index in [0.717, 1.165) is 58.8 Å². The van der Waals surface area contributed by atoms with Crippen LogP contribution in [0.4, 0.5) is 25.8 Å². The molecule has 0 fully saturated rings. The largest absolute Gasteiger partial charge is 0.450 e. The Balaban J connectivity index is 0.000000180. The first kappa shape index (κ1) is 44.6. The van der Waals surface area contributed by atoms with Crippen LogP contribution in [-0.4, -0.2) is 37.5 Å². The van der Waals surface area contributed by atoms with Gasteiger partial charge in [-0.3, -0.25) is 14.4 Å². The van der Waals surface area contributed by atoms with E-state index in [9.17, 15) is 18.4 Å². The molecule has 7 aromatic carbocycles. The van der Waals surface area contributed by atoms with Crippen molar-refractivity contribution in [3.8, 4) is 12.5 Å². The molecular weight excluding hydrogens is 849 g/mol. The molecule has 13 heteroatoms. The highest BCUT2D eigenvalue weighted by Gasteiger charge is 2.22. The van der Waals surface area contributed by atoms with Crippen LogP contribution in [0.2, 0.25) is 0 Å². The third-order valence-corrected chi connectivity index (χ3v) is 11.9. The van der Waals surface area contributed by atoms with Gasteiger partial charge in [-0.05, 0) is 115 Å². The quantitative estimate of drug-likeness (QED) is 0.0826. The Morgan fingerprint density at radius 2 is 1.08 bits per heavy atom. The summed E-state index contributed by atoms with van der Waals surface area (Å²) in [6.07, 6.45) is 6.49. The van der Waals surface area contributed by atoms with Crippen molar-refractivity contribution in [2.45, 2.75) is 26.1 Å². The maximum absolute atomic E-state index is 13.5. The van der Waals surface area contributed by atoms with Crippen LogP contribution in [0.5, 0.6) is 0 Å². The number of halogens is 2. The van der Waals surface area contributed by atoms with Crippen LogP contribution in [0.25, 0.3) is 0 Å². The van der Waals surface area contributed by atoms with Gasteiger partial charge in [-0.1, -0.05) is 78.5 Å². The Kier molecular flexibility index (Phi) is 14.7. The first-order chi connectivity index (χ1) is 31.1. The number of carbonyl (C=O) groups is 2. The molecule has 318 valence electrons. The van der Waals surface area contributed by atoms with Crippen LogP contribution in [0.3, 0.4) is 0 Å². The van der Waals surface area contributed by atoms with Gasteiger partial charge in [-0.2, -0.15) is 0 Å². The Hall–Kier alpha value is -7.50. The van der Waals surface area contributed by atoms with Crippen molar-refractivity contribution in [3.05, 3.63) is 208 Å². The van der Waals surface area contributed by atoms with Crippen LogP contribution in [0.1, 0.15) is 48.5 Å². The van der Waals surface area contributed by atoms with Gasteiger partial charge in [-0.15, -0.1) is 0 Å². The predicted molar refractivity (Wildman–Crippen MR) is 250 cm³/mol. The minimum absolute atomic E-state index is 0.181. The topological polar surface area (TPSA) is 127 Å². The smallest absolute Gasteiger partial charge is 0.274 e. The number of hydroxylamine groups is 1. The lowest BCUT2D eigenvalue weighted by molar-refractivity contribution is 0.0537. The van der Waals surface area contributed by atoms with Gasteiger partial charge in [-0.25, -0.2) is 24.2 Å². The molecule has 2 aliphatic heterocycles. The molecule has 0 radical (unpaired) electrons. The monoisotopic (exact) mass is 887 g/mol. The number of methoxy groups -OCH3 is 1. The number of rotatable bonds is 7. The minimum Gasteiger partial charge on any atom is -0.450 e. The number of fused-ring (bicyclic) bond motifs is 4. The highest BCUT2D eigenvalue weighted by Crippen LogP contribution is 2.43. The summed E-state index contributed by atoms with van der Waals surface area (Å²) in [4.78, 5) is 43.4. The van der Waals surface area contributed by atoms with Gasteiger partial charge in [0.25, 0.3) is 11.8 Å². The molecule has 9 rings (SSSR count). The number of nitrogens with zero attached hydrogens (tertiary/aromatic N) is 2. The molecule has 0 aliphatic carbocycles. The molecule has 7 aromatic rings. The number of nitrogens with two attached hydrogens (primary N) is 1.